The zero-order valence-corrected chi connectivity index (χ0v) is 11.4. The summed E-state index contributed by atoms with van der Waals surface area (Å²) in [5, 5.41) is 10.8. The maximum absolute atomic E-state index is 12.3. The quantitative estimate of drug-likeness (QED) is 0.884. The summed E-state index contributed by atoms with van der Waals surface area (Å²) in [6, 6.07) is 3.45. The van der Waals surface area contributed by atoms with Crippen LogP contribution in [-0.2, 0) is 4.74 Å². The third-order valence-electron chi connectivity index (χ3n) is 3.21. The molecule has 1 amide bonds. The minimum absolute atomic E-state index is 0.0699. The number of carbonyl (C=O) groups is 1. The number of hydrogen-bond donors (Lipinski definition) is 1. The van der Waals surface area contributed by atoms with Crippen LogP contribution >= 0.6 is 0 Å². The number of hydrogen-bond acceptors (Lipinski definition) is 5. The van der Waals surface area contributed by atoms with Gasteiger partial charge in [-0.2, -0.15) is 0 Å². The summed E-state index contributed by atoms with van der Waals surface area (Å²) in [6.07, 6.45) is 2.13. The molecule has 0 aliphatic carbocycles. The molecule has 1 aromatic rings. The van der Waals surface area contributed by atoms with Crippen molar-refractivity contribution in [3.05, 3.63) is 17.8 Å². The highest BCUT2D eigenvalue weighted by atomic mass is 16.5. The molecule has 0 aromatic carbocycles. The van der Waals surface area contributed by atoms with Crippen LogP contribution in [0.1, 0.15) is 30.3 Å². The van der Waals surface area contributed by atoms with Crippen LogP contribution in [0.15, 0.2) is 12.1 Å². The molecule has 0 saturated carbocycles. The fourth-order valence-electron chi connectivity index (χ4n) is 2.24. The van der Waals surface area contributed by atoms with Gasteiger partial charge in [-0.25, -0.2) is 0 Å². The zero-order chi connectivity index (χ0) is 13.7. The molecule has 2 rings (SSSR count). The van der Waals surface area contributed by atoms with Gasteiger partial charge >= 0.3 is 0 Å². The molecular formula is C13H20N4O2. The van der Waals surface area contributed by atoms with E-state index in [9.17, 15) is 4.79 Å². The first-order valence-electron chi connectivity index (χ1n) is 6.67. The number of piperidine rings is 1. The molecule has 1 unspecified atom stereocenters. The second-order valence-corrected chi connectivity index (χ2v) is 4.52. The molecule has 1 atom stereocenters. The SMILES string of the molecule is CCOC1CCCN(C(=O)c2ccc(NC)nn2)C1. The molecule has 2 heterocycles. The van der Waals surface area contributed by atoms with Crippen molar-refractivity contribution in [2.24, 2.45) is 0 Å². The third-order valence-corrected chi connectivity index (χ3v) is 3.21. The molecule has 1 aliphatic heterocycles. The molecule has 0 bridgehead atoms. The lowest BCUT2D eigenvalue weighted by Crippen LogP contribution is -2.43. The fraction of sp³-hybridized carbons (Fsp3) is 0.615. The summed E-state index contributed by atoms with van der Waals surface area (Å²) in [7, 11) is 1.77. The number of rotatable bonds is 4. The first kappa shape index (κ1) is 13.7. The maximum Gasteiger partial charge on any atom is 0.274 e. The molecule has 1 fully saturated rings. The number of aromatic nitrogens is 2. The predicted octanol–water partition coefficient (Wildman–Crippen LogP) is 1.16. The van der Waals surface area contributed by atoms with Gasteiger partial charge in [0.25, 0.3) is 5.91 Å². The maximum atomic E-state index is 12.3. The van der Waals surface area contributed by atoms with Crippen LogP contribution < -0.4 is 5.32 Å². The Morgan fingerprint density at radius 3 is 3.00 bits per heavy atom. The highest BCUT2D eigenvalue weighted by Gasteiger charge is 2.25. The van der Waals surface area contributed by atoms with E-state index in [0.717, 1.165) is 19.4 Å². The minimum atomic E-state index is -0.0699. The van der Waals surface area contributed by atoms with Crippen LogP contribution in [0, 0.1) is 0 Å². The van der Waals surface area contributed by atoms with Crippen molar-refractivity contribution in [3.63, 3.8) is 0 Å². The van der Waals surface area contributed by atoms with Crippen LogP contribution in [0.5, 0.6) is 0 Å². The lowest BCUT2D eigenvalue weighted by atomic mass is 10.1. The van der Waals surface area contributed by atoms with Crippen LogP contribution in [0.4, 0.5) is 5.82 Å². The summed E-state index contributed by atoms with van der Waals surface area (Å²) < 4.78 is 5.60. The number of ether oxygens (including phenoxy) is 1. The van der Waals surface area contributed by atoms with E-state index < -0.39 is 0 Å². The van der Waals surface area contributed by atoms with E-state index in [1.54, 1.807) is 24.1 Å². The Balaban J connectivity index is 2.01. The van der Waals surface area contributed by atoms with Crippen molar-refractivity contribution in [2.45, 2.75) is 25.9 Å². The van der Waals surface area contributed by atoms with Crippen LogP contribution in [0.25, 0.3) is 0 Å². The van der Waals surface area contributed by atoms with Gasteiger partial charge in [-0.05, 0) is 31.9 Å². The smallest absolute Gasteiger partial charge is 0.274 e. The molecule has 1 N–H and O–H groups in total. The molecule has 0 radical (unpaired) electrons. The van der Waals surface area contributed by atoms with Gasteiger partial charge in [0, 0.05) is 26.7 Å². The average molecular weight is 264 g/mol. The largest absolute Gasteiger partial charge is 0.377 e. The van der Waals surface area contributed by atoms with Gasteiger partial charge < -0.3 is 15.0 Å². The van der Waals surface area contributed by atoms with E-state index in [-0.39, 0.29) is 12.0 Å². The monoisotopic (exact) mass is 264 g/mol. The summed E-state index contributed by atoms with van der Waals surface area (Å²) in [5.74, 6) is 0.585. The molecule has 19 heavy (non-hydrogen) atoms. The minimum Gasteiger partial charge on any atom is -0.377 e. The Labute approximate surface area is 113 Å². The fourth-order valence-corrected chi connectivity index (χ4v) is 2.24. The lowest BCUT2D eigenvalue weighted by molar-refractivity contribution is 0.00699. The number of amides is 1. The van der Waals surface area contributed by atoms with E-state index in [0.29, 0.717) is 24.7 Å². The molecule has 1 aliphatic rings. The van der Waals surface area contributed by atoms with Crippen molar-refractivity contribution >= 4 is 11.7 Å². The number of carbonyl (C=O) groups excluding carboxylic acids is 1. The first-order chi connectivity index (χ1) is 9.24. The number of nitrogens with zero attached hydrogens (tertiary/aromatic N) is 3. The highest BCUT2D eigenvalue weighted by molar-refractivity contribution is 5.92. The molecule has 6 heteroatoms. The van der Waals surface area contributed by atoms with Crippen molar-refractivity contribution in [1.29, 1.82) is 0 Å². The van der Waals surface area contributed by atoms with Crippen molar-refractivity contribution in [1.82, 2.24) is 15.1 Å². The topological polar surface area (TPSA) is 67.3 Å². The molecular weight excluding hydrogens is 244 g/mol. The normalized spacial score (nSPS) is 19.3. The Bertz CT molecular complexity index is 419. The second kappa shape index (κ2) is 6.47. The van der Waals surface area contributed by atoms with Crippen LogP contribution in [0.3, 0.4) is 0 Å². The number of likely N-dealkylation sites (tertiary alicyclic amines) is 1. The summed E-state index contributed by atoms with van der Waals surface area (Å²) in [5.41, 5.74) is 0.385. The Kier molecular flexibility index (Phi) is 4.68. The van der Waals surface area contributed by atoms with Gasteiger partial charge in [-0.3, -0.25) is 4.79 Å². The Morgan fingerprint density at radius 2 is 2.37 bits per heavy atom. The Hall–Kier alpha value is -1.69. The predicted molar refractivity (Wildman–Crippen MR) is 72.1 cm³/mol. The van der Waals surface area contributed by atoms with Crippen molar-refractivity contribution in [2.75, 3.05) is 32.1 Å². The molecule has 0 spiro atoms. The van der Waals surface area contributed by atoms with E-state index in [1.165, 1.54) is 0 Å². The van der Waals surface area contributed by atoms with Gasteiger partial charge in [0.15, 0.2) is 5.69 Å². The molecule has 1 aromatic heterocycles. The summed E-state index contributed by atoms with van der Waals surface area (Å²) in [4.78, 5) is 14.1. The van der Waals surface area contributed by atoms with E-state index in [1.807, 2.05) is 6.92 Å². The van der Waals surface area contributed by atoms with Gasteiger partial charge in [0.1, 0.15) is 5.82 Å². The number of anilines is 1. The summed E-state index contributed by atoms with van der Waals surface area (Å²) >= 11 is 0. The molecule has 1 saturated heterocycles. The number of nitrogens with one attached hydrogen (secondary N) is 1. The first-order valence-corrected chi connectivity index (χ1v) is 6.67. The van der Waals surface area contributed by atoms with Crippen molar-refractivity contribution < 1.29 is 9.53 Å². The van der Waals surface area contributed by atoms with Gasteiger partial charge in [-0.15, -0.1) is 10.2 Å². The van der Waals surface area contributed by atoms with Gasteiger partial charge in [0.2, 0.25) is 0 Å². The lowest BCUT2D eigenvalue weighted by Gasteiger charge is -2.32. The standard InChI is InChI=1S/C13H20N4O2/c1-3-19-10-5-4-8-17(9-10)13(18)11-6-7-12(14-2)16-15-11/h6-7,10H,3-5,8-9H2,1-2H3,(H,14,16). The van der Waals surface area contributed by atoms with Gasteiger partial charge in [0.05, 0.1) is 6.10 Å². The molecule has 6 nitrogen and oxygen atoms in total. The van der Waals surface area contributed by atoms with E-state index >= 15 is 0 Å². The Morgan fingerprint density at radius 1 is 1.53 bits per heavy atom. The second-order valence-electron chi connectivity index (χ2n) is 4.52. The van der Waals surface area contributed by atoms with Gasteiger partial charge in [-0.1, -0.05) is 0 Å². The van der Waals surface area contributed by atoms with E-state index in [2.05, 4.69) is 15.5 Å². The van der Waals surface area contributed by atoms with Crippen LogP contribution in [-0.4, -0.2) is 53.9 Å². The highest BCUT2D eigenvalue weighted by Crippen LogP contribution is 2.15. The van der Waals surface area contributed by atoms with E-state index in [4.69, 9.17) is 4.74 Å². The van der Waals surface area contributed by atoms with Crippen molar-refractivity contribution in [3.8, 4) is 0 Å². The third kappa shape index (κ3) is 3.41. The molecule has 104 valence electrons. The summed E-state index contributed by atoms with van der Waals surface area (Å²) in [6.45, 7) is 4.06. The average Bonchev–Trinajstić information content (AvgIpc) is 2.47. The zero-order valence-electron chi connectivity index (χ0n) is 11.4. The van der Waals surface area contributed by atoms with Crippen LogP contribution in [0.2, 0.25) is 0 Å².